The van der Waals surface area contributed by atoms with Crippen molar-refractivity contribution in [3.63, 3.8) is 0 Å². The number of likely N-dealkylation sites (N-methyl/N-ethyl adjacent to an activating group) is 1. The highest BCUT2D eigenvalue weighted by molar-refractivity contribution is 5.99. The summed E-state index contributed by atoms with van der Waals surface area (Å²) in [5, 5.41) is 3.59. The van der Waals surface area contributed by atoms with Gasteiger partial charge in [0.2, 0.25) is 5.91 Å². The zero-order valence-corrected chi connectivity index (χ0v) is 18.1. The number of nitrogens with zero attached hydrogens (tertiary/aromatic N) is 2. The Labute approximate surface area is 181 Å². The average Bonchev–Trinajstić information content (AvgIpc) is 2.73. The second kappa shape index (κ2) is 9.38. The summed E-state index contributed by atoms with van der Waals surface area (Å²) in [4.78, 5) is 42.8. The van der Waals surface area contributed by atoms with Gasteiger partial charge in [0.25, 0.3) is 5.91 Å². The smallest absolute Gasteiger partial charge is 0.340 e. The Morgan fingerprint density at radius 3 is 2.39 bits per heavy atom. The first kappa shape index (κ1) is 22.0. The number of amides is 2. The fourth-order valence-electron chi connectivity index (χ4n) is 3.28. The number of esters is 1. The number of anilines is 1. The summed E-state index contributed by atoms with van der Waals surface area (Å²) in [5.41, 5.74) is 4.18. The van der Waals surface area contributed by atoms with Crippen LogP contribution in [0.2, 0.25) is 0 Å². The number of carbonyl (C=O) groups excluding carboxylic acids is 3. The summed E-state index contributed by atoms with van der Waals surface area (Å²) < 4.78 is 5.23. The van der Waals surface area contributed by atoms with Crippen molar-refractivity contribution in [1.82, 2.24) is 9.88 Å². The fourth-order valence-corrected chi connectivity index (χ4v) is 3.28. The monoisotopic (exact) mass is 419 g/mol. The molecule has 0 radical (unpaired) electrons. The molecule has 0 unspecified atom stereocenters. The van der Waals surface area contributed by atoms with Crippen LogP contribution < -0.4 is 5.32 Å². The van der Waals surface area contributed by atoms with Gasteiger partial charge in [0, 0.05) is 18.1 Å². The number of ether oxygens (including phenoxy) is 1. The minimum atomic E-state index is -0.612. The lowest BCUT2D eigenvalue weighted by Crippen LogP contribution is -2.37. The Bertz CT molecular complexity index is 1140. The van der Waals surface area contributed by atoms with Crippen molar-refractivity contribution < 1.29 is 19.1 Å². The summed E-state index contributed by atoms with van der Waals surface area (Å²) >= 11 is 0. The molecule has 0 saturated carbocycles. The van der Waals surface area contributed by atoms with Crippen LogP contribution in [0, 0.1) is 20.8 Å². The van der Waals surface area contributed by atoms with Crippen LogP contribution in [-0.4, -0.2) is 47.9 Å². The third kappa shape index (κ3) is 5.25. The molecule has 0 spiro atoms. The summed E-state index contributed by atoms with van der Waals surface area (Å²) in [6.07, 6.45) is 0. The topological polar surface area (TPSA) is 88.6 Å². The summed E-state index contributed by atoms with van der Waals surface area (Å²) in [6, 6.07) is 14.9. The van der Waals surface area contributed by atoms with E-state index in [1.165, 1.54) is 11.9 Å². The lowest BCUT2D eigenvalue weighted by Gasteiger charge is -2.17. The molecule has 7 heteroatoms. The van der Waals surface area contributed by atoms with Gasteiger partial charge in [0.1, 0.15) is 0 Å². The Morgan fingerprint density at radius 1 is 1.00 bits per heavy atom. The Balaban J connectivity index is 1.58. The number of hydrogen-bond acceptors (Lipinski definition) is 5. The first-order chi connectivity index (χ1) is 14.8. The van der Waals surface area contributed by atoms with Gasteiger partial charge in [-0.1, -0.05) is 35.9 Å². The van der Waals surface area contributed by atoms with Crippen LogP contribution in [0.1, 0.15) is 27.2 Å². The van der Waals surface area contributed by atoms with Crippen LogP contribution in [0.3, 0.4) is 0 Å². The third-order valence-corrected chi connectivity index (χ3v) is 5.01. The number of fused-ring (bicyclic) bond motifs is 1. The highest BCUT2D eigenvalue weighted by Gasteiger charge is 2.20. The molecule has 3 aromatic rings. The molecular formula is C24H25N3O4. The molecule has 0 aliphatic heterocycles. The van der Waals surface area contributed by atoms with Gasteiger partial charge in [-0.2, -0.15) is 0 Å². The van der Waals surface area contributed by atoms with Crippen LogP contribution in [0.25, 0.3) is 10.9 Å². The predicted octanol–water partition coefficient (Wildman–Crippen LogP) is 3.41. The Hall–Kier alpha value is -3.74. The first-order valence-electron chi connectivity index (χ1n) is 9.90. The number of nitrogens with one attached hydrogen (secondary N) is 1. The van der Waals surface area contributed by atoms with Gasteiger partial charge in [0.05, 0.1) is 23.3 Å². The molecule has 0 fully saturated rings. The molecule has 2 amide bonds. The van der Waals surface area contributed by atoms with Crippen LogP contribution in [-0.2, 0) is 14.3 Å². The van der Waals surface area contributed by atoms with Gasteiger partial charge < -0.3 is 15.0 Å². The standard InChI is InChI=1S/C24H25N3O4/c1-15-9-11-18(12-10-15)26-21(28)13-27(4)22(29)14-31-24(30)23-16(2)19-7-5-6-8-20(19)25-17(23)3/h5-12H,13-14H2,1-4H3,(H,26,28). The molecule has 1 N–H and O–H groups in total. The fraction of sp³-hybridized carbons (Fsp3) is 0.250. The van der Waals surface area contributed by atoms with Crippen LogP contribution >= 0.6 is 0 Å². The molecule has 0 aliphatic carbocycles. The van der Waals surface area contributed by atoms with Crippen molar-refractivity contribution in [3.8, 4) is 0 Å². The van der Waals surface area contributed by atoms with E-state index >= 15 is 0 Å². The highest BCUT2D eigenvalue weighted by Crippen LogP contribution is 2.23. The van der Waals surface area contributed by atoms with E-state index in [4.69, 9.17) is 4.74 Å². The van der Waals surface area contributed by atoms with Gasteiger partial charge in [-0.3, -0.25) is 14.6 Å². The minimum absolute atomic E-state index is 0.153. The lowest BCUT2D eigenvalue weighted by molar-refractivity contribution is -0.136. The van der Waals surface area contributed by atoms with E-state index in [1.54, 1.807) is 19.1 Å². The van der Waals surface area contributed by atoms with Crippen LogP contribution in [0.4, 0.5) is 5.69 Å². The molecule has 0 atom stereocenters. The number of benzene rings is 2. The minimum Gasteiger partial charge on any atom is -0.452 e. The van der Waals surface area contributed by atoms with E-state index in [9.17, 15) is 14.4 Å². The average molecular weight is 419 g/mol. The number of para-hydroxylation sites is 1. The van der Waals surface area contributed by atoms with Crippen LogP contribution in [0.15, 0.2) is 48.5 Å². The van der Waals surface area contributed by atoms with Crippen molar-refractivity contribution in [1.29, 1.82) is 0 Å². The predicted molar refractivity (Wildman–Crippen MR) is 119 cm³/mol. The van der Waals surface area contributed by atoms with E-state index < -0.39 is 18.5 Å². The summed E-state index contributed by atoms with van der Waals surface area (Å²) in [5.74, 6) is -1.42. The molecular weight excluding hydrogens is 394 g/mol. The van der Waals surface area contributed by atoms with Gasteiger partial charge in [0.15, 0.2) is 6.61 Å². The van der Waals surface area contributed by atoms with E-state index in [0.29, 0.717) is 16.9 Å². The SMILES string of the molecule is Cc1ccc(NC(=O)CN(C)C(=O)COC(=O)c2c(C)nc3ccccc3c2C)cc1. The molecule has 0 saturated heterocycles. The molecule has 3 rings (SSSR count). The molecule has 0 aliphatic rings. The maximum absolute atomic E-state index is 12.6. The third-order valence-electron chi connectivity index (χ3n) is 5.01. The van der Waals surface area contributed by atoms with Gasteiger partial charge in [-0.05, 0) is 44.5 Å². The molecule has 1 heterocycles. The number of pyridine rings is 1. The lowest BCUT2D eigenvalue weighted by atomic mass is 10.0. The number of aryl methyl sites for hydroxylation is 3. The molecule has 1 aromatic heterocycles. The van der Waals surface area contributed by atoms with Gasteiger partial charge >= 0.3 is 5.97 Å². The summed E-state index contributed by atoms with van der Waals surface area (Å²) in [7, 11) is 1.49. The van der Waals surface area contributed by atoms with Gasteiger partial charge in [-0.15, -0.1) is 0 Å². The molecule has 31 heavy (non-hydrogen) atoms. The Kier molecular flexibility index (Phi) is 6.65. The second-order valence-corrected chi connectivity index (χ2v) is 7.45. The second-order valence-electron chi connectivity index (χ2n) is 7.45. The normalized spacial score (nSPS) is 10.6. The molecule has 160 valence electrons. The molecule has 2 aromatic carbocycles. The molecule has 7 nitrogen and oxygen atoms in total. The van der Waals surface area contributed by atoms with E-state index in [2.05, 4.69) is 10.3 Å². The van der Waals surface area contributed by atoms with Crippen molar-refractivity contribution in [2.24, 2.45) is 0 Å². The summed E-state index contributed by atoms with van der Waals surface area (Å²) in [6.45, 7) is 4.91. The van der Waals surface area contributed by atoms with E-state index in [0.717, 1.165) is 22.0 Å². The largest absolute Gasteiger partial charge is 0.452 e. The number of aromatic nitrogens is 1. The highest BCUT2D eigenvalue weighted by atomic mass is 16.5. The van der Waals surface area contributed by atoms with E-state index in [1.807, 2.05) is 50.2 Å². The van der Waals surface area contributed by atoms with Gasteiger partial charge in [-0.25, -0.2) is 4.79 Å². The maximum Gasteiger partial charge on any atom is 0.340 e. The Morgan fingerprint density at radius 2 is 1.68 bits per heavy atom. The van der Waals surface area contributed by atoms with Crippen LogP contribution in [0.5, 0.6) is 0 Å². The quantitative estimate of drug-likeness (QED) is 0.619. The van der Waals surface area contributed by atoms with E-state index in [-0.39, 0.29) is 12.5 Å². The first-order valence-corrected chi connectivity index (χ1v) is 9.90. The van der Waals surface area contributed by atoms with Crippen molar-refractivity contribution in [2.75, 3.05) is 25.5 Å². The number of carbonyl (C=O) groups is 3. The van der Waals surface area contributed by atoms with Crippen molar-refractivity contribution >= 4 is 34.4 Å². The zero-order valence-electron chi connectivity index (χ0n) is 18.1. The number of rotatable bonds is 6. The van der Waals surface area contributed by atoms with Crippen molar-refractivity contribution in [3.05, 3.63) is 70.9 Å². The maximum atomic E-state index is 12.6. The number of hydrogen-bond donors (Lipinski definition) is 1. The zero-order chi connectivity index (χ0) is 22.5. The molecule has 0 bridgehead atoms. The van der Waals surface area contributed by atoms with Crippen molar-refractivity contribution in [2.45, 2.75) is 20.8 Å².